The van der Waals surface area contributed by atoms with Crippen LogP contribution in [0.25, 0.3) is 82.3 Å². The molecule has 0 spiro atoms. The van der Waals surface area contributed by atoms with Crippen molar-refractivity contribution < 1.29 is 21.1 Å². The van der Waals surface area contributed by atoms with E-state index in [2.05, 4.69) is 99.5 Å². The SMILES string of the molecule is Cn1ccnc1-c1ccc(-c2[c-]c(-n3c4[c-]c(-c5nc6ccccc6s5)ccc4c4cc(-c5nccn5C)ccc43)ccc2)nc1.[Pt+2]. The zero-order chi connectivity index (χ0) is 30.8. The summed E-state index contributed by atoms with van der Waals surface area (Å²) < 4.78 is 7.44. The van der Waals surface area contributed by atoms with Crippen LogP contribution >= 0.6 is 11.3 Å². The van der Waals surface area contributed by atoms with Crippen LogP contribution in [-0.4, -0.2) is 33.6 Å². The fraction of sp³-hybridized carbons (Fsp3) is 0.0526. The van der Waals surface area contributed by atoms with Crippen LogP contribution in [0.4, 0.5) is 0 Å². The Morgan fingerprint density at radius 3 is 2.21 bits per heavy atom. The van der Waals surface area contributed by atoms with E-state index in [1.165, 1.54) is 0 Å². The van der Waals surface area contributed by atoms with Crippen LogP contribution in [0.2, 0.25) is 0 Å². The first-order valence-corrected chi connectivity index (χ1v) is 15.7. The van der Waals surface area contributed by atoms with Gasteiger partial charge in [0.15, 0.2) is 0 Å². The molecule has 9 aromatic rings. The fourth-order valence-corrected chi connectivity index (χ4v) is 7.10. The number of rotatable bonds is 5. The number of aromatic nitrogens is 7. The third kappa shape index (κ3) is 4.92. The monoisotopic (exact) mass is 806 g/mol. The van der Waals surface area contributed by atoms with Crippen LogP contribution < -0.4 is 0 Å². The molecule has 0 N–H and O–H groups in total. The molecule has 0 amide bonds. The Labute approximate surface area is 289 Å². The van der Waals surface area contributed by atoms with Gasteiger partial charge in [0.1, 0.15) is 11.6 Å². The summed E-state index contributed by atoms with van der Waals surface area (Å²) in [7, 11) is 4.00. The summed E-state index contributed by atoms with van der Waals surface area (Å²) in [6, 6.07) is 36.8. The van der Waals surface area contributed by atoms with Crippen LogP contribution in [0.1, 0.15) is 0 Å². The van der Waals surface area contributed by atoms with Gasteiger partial charge in [0.05, 0.1) is 5.52 Å². The molecular weight excluding hydrogens is 782 g/mol. The predicted molar refractivity (Wildman–Crippen MR) is 185 cm³/mol. The molecule has 0 aliphatic heterocycles. The number of imidazole rings is 2. The Balaban J connectivity index is 0.00000324. The maximum absolute atomic E-state index is 4.93. The van der Waals surface area contributed by atoms with Gasteiger partial charge in [-0.3, -0.25) is 4.98 Å². The zero-order valence-corrected chi connectivity index (χ0v) is 28.4. The topological polar surface area (TPSA) is 66.3 Å². The second-order valence-corrected chi connectivity index (χ2v) is 12.3. The second kappa shape index (κ2) is 11.6. The summed E-state index contributed by atoms with van der Waals surface area (Å²) >= 11 is 1.69. The minimum absolute atomic E-state index is 0. The van der Waals surface area contributed by atoms with E-state index in [-0.39, 0.29) is 21.1 Å². The number of hydrogen-bond donors (Lipinski definition) is 0. The molecule has 0 radical (unpaired) electrons. The normalized spacial score (nSPS) is 11.4. The summed E-state index contributed by atoms with van der Waals surface area (Å²) in [6.45, 7) is 0. The van der Waals surface area contributed by atoms with Crippen LogP contribution in [0.15, 0.2) is 116 Å². The van der Waals surface area contributed by atoms with Gasteiger partial charge in [-0.1, -0.05) is 35.7 Å². The van der Waals surface area contributed by atoms with E-state index in [0.717, 1.165) is 82.3 Å². The first kappa shape index (κ1) is 29.2. The van der Waals surface area contributed by atoms with Gasteiger partial charge >= 0.3 is 21.1 Å². The first-order valence-electron chi connectivity index (χ1n) is 14.9. The van der Waals surface area contributed by atoms with Gasteiger partial charge in [0.2, 0.25) is 0 Å². The van der Waals surface area contributed by atoms with Crippen LogP contribution in [0.5, 0.6) is 0 Å². The molecule has 5 heterocycles. The van der Waals surface area contributed by atoms with Gasteiger partial charge in [-0.25, -0.2) is 9.97 Å². The van der Waals surface area contributed by atoms with E-state index >= 15 is 0 Å². The summed E-state index contributed by atoms with van der Waals surface area (Å²) in [6.07, 6.45) is 9.40. The Bertz CT molecular complexity index is 2540. The Kier molecular flexibility index (Phi) is 7.20. The van der Waals surface area contributed by atoms with Crippen molar-refractivity contribution in [2.45, 2.75) is 0 Å². The van der Waals surface area contributed by atoms with Crippen molar-refractivity contribution in [2.75, 3.05) is 0 Å². The average molecular weight is 807 g/mol. The third-order valence-electron chi connectivity index (χ3n) is 8.42. The number of para-hydroxylation sites is 1. The molecule has 0 unspecified atom stereocenters. The van der Waals surface area contributed by atoms with Gasteiger partial charge in [0, 0.05) is 71.4 Å². The molecule has 9 heteroatoms. The maximum atomic E-state index is 4.93. The molecule has 228 valence electrons. The molecule has 0 atom stereocenters. The molecule has 47 heavy (non-hydrogen) atoms. The molecule has 0 fully saturated rings. The zero-order valence-electron chi connectivity index (χ0n) is 25.3. The summed E-state index contributed by atoms with van der Waals surface area (Å²) in [5, 5.41) is 3.18. The van der Waals surface area contributed by atoms with E-state index in [9.17, 15) is 0 Å². The van der Waals surface area contributed by atoms with E-state index in [1.54, 1.807) is 17.5 Å². The van der Waals surface area contributed by atoms with Gasteiger partial charge in [-0.15, -0.1) is 53.6 Å². The largest absolute Gasteiger partial charge is 2.00 e. The number of thiazole rings is 1. The standard InChI is InChI=1S/C38H25N7S.Pt/c1-43-18-16-39-36(43)25-12-15-33-30(21-25)29-13-10-26(38-42-32-8-3-4-9-35(32)46-38)22-34(29)45(33)28-7-5-6-24(20-28)31-14-11-27(23-41-31)37-40-17-19-44(37)2;/h3-19,21,23H,1-2H3;/q-2;+2. The number of nitrogens with zero attached hydrogens (tertiary/aromatic N) is 7. The van der Waals surface area contributed by atoms with Crippen molar-refractivity contribution >= 4 is 43.4 Å². The number of benzene rings is 4. The smallest absolute Gasteiger partial charge is 0.346 e. The Morgan fingerprint density at radius 1 is 0.681 bits per heavy atom. The first-order chi connectivity index (χ1) is 22.6. The molecular formula is C38H25N7PtS. The predicted octanol–water partition coefficient (Wildman–Crippen LogP) is 8.52. The summed E-state index contributed by atoms with van der Waals surface area (Å²) in [5.74, 6) is 1.80. The summed E-state index contributed by atoms with van der Waals surface area (Å²) in [5.41, 5.74) is 8.69. The summed E-state index contributed by atoms with van der Waals surface area (Å²) in [4.78, 5) is 18.8. The second-order valence-electron chi connectivity index (χ2n) is 11.3. The van der Waals surface area contributed by atoms with E-state index in [1.807, 2.05) is 60.1 Å². The van der Waals surface area contributed by atoms with E-state index < -0.39 is 0 Å². The Morgan fingerprint density at radius 2 is 1.47 bits per heavy atom. The minimum Gasteiger partial charge on any atom is -0.346 e. The van der Waals surface area contributed by atoms with Crippen LogP contribution in [0.3, 0.4) is 0 Å². The molecule has 0 aliphatic carbocycles. The van der Waals surface area contributed by atoms with Crippen LogP contribution in [0, 0.1) is 12.1 Å². The van der Waals surface area contributed by atoms with Gasteiger partial charge < -0.3 is 18.7 Å². The molecule has 4 aromatic carbocycles. The molecule has 0 saturated carbocycles. The van der Waals surface area contributed by atoms with Crippen molar-refractivity contribution in [1.29, 1.82) is 0 Å². The number of aryl methyl sites for hydroxylation is 2. The van der Waals surface area contributed by atoms with Gasteiger partial charge in [-0.2, -0.15) is 11.3 Å². The molecule has 7 nitrogen and oxygen atoms in total. The minimum atomic E-state index is 0. The number of fused-ring (bicyclic) bond motifs is 4. The van der Waals surface area contributed by atoms with Crippen LogP contribution in [-0.2, 0) is 35.2 Å². The number of hydrogen-bond acceptors (Lipinski definition) is 5. The molecule has 9 rings (SSSR count). The quantitative estimate of drug-likeness (QED) is 0.164. The van der Waals surface area contributed by atoms with E-state index in [4.69, 9.17) is 9.97 Å². The maximum Gasteiger partial charge on any atom is 2.00 e. The molecule has 0 aliphatic rings. The van der Waals surface area contributed by atoms with E-state index in [0.29, 0.717) is 0 Å². The van der Waals surface area contributed by atoms with Gasteiger partial charge in [0.25, 0.3) is 0 Å². The van der Waals surface area contributed by atoms with Crippen molar-refractivity contribution in [3.8, 4) is 50.3 Å². The molecule has 5 aromatic heterocycles. The Hall–Kier alpha value is -5.17. The fourth-order valence-electron chi connectivity index (χ4n) is 6.15. The van der Waals surface area contributed by atoms with Gasteiger partial charge in [-0.05, 0) is 46.5 Å². The van der Waals surface area contributed by atoms with Crippen molar-refractivity contribution in [1.82, 2.24) is 33.6 Å². The van der Waals surface area contributed by atoms with Crippen molar-refractivity contribution in [3.05, 3.63) is 128 Å². The molecule has 0 saturated heterocycles. The van der Waals surface area contributed by atoms with Crippen molar-refractivity contribution in [3.63, 3.8) is 0 Å². The molecule has 0 bridgehead atoms. The number of pyridine rings is 1. The van der Waals surface area contributed by atoms with Crippen molar-refractivity contribution in [2.24, 2.45) is 14.1 Å². The average Bonchev–Trinajstić information content (AvgIpc) is 3.89. The third-order valence-corrected chi connectivity index (χ3v) is 9.49.